The molecule has 2 aliphatic heterocycles. The first-order valence-corrected chi connectivity index (χ1v) is 7.38. The zero-order valence-corrected chi connectivity index (χ0v) is 11.8. The van der Waals surface area contributed by atoms with Crippen molar-refractivity contribution in [2.75, 3.05) is 49.9 Å². The van der Waals surface area contributed by atoms with Crippen LogP contribution in [0.25, 0.3) is 0 Å². The van der Waals surface area contributed by atoms with E-state index in [1.54, 1.807) is 0 Å². The fourth-order valence-electron chi connectivity index (χ4n) is 2.99. The van der Waals surface area contributed by atoms with Crippen molar-refractivity contribution in [3.05, 3.63) is 24.3 Å². The third kappa shape index (κ3) is 2.66. The first-order chi connectivity index (χ1) is 9.74. The lowest BCUT2D eigenvalue weighted by Crippen LogP contribution is -2.52. The predicted molar refractivity (Wildman–Crippen MR) is 80.8 cm³/mol. The lowest BCUT2D eigenvalue weighted by Gasteiger charge is -2.37. The highest BCUT2D eigenvalue weighted by atomic mass is 16.2. The van der Waals surface area contributed by atoms with Gasteiger partial charge in [-0.2, -0.15) is 0 Å². The van der Waals surface area contributed by atoms with Gasteiger partial charge in [-0.25, -0.2) is 4.79 Å². The fraction of sp³-hybridized carbons (Fsp3) is 0.533. The van der Waals surface area contributed by atoms with Crippen molar-refractivity contribution >= 4 is 17.4 Å². The minimum Gasteiger partial charge on any atom is -0.399 e. The minimum atomic E-state index is 0.217. The van der Waals surface area contributed by atoms with Gasteiger partial charge in [0.05, 0.1) is 0 Å². The second-order valence-corrected chi connectivity index (χ2v) is 5.55. The number of likely N-dealkylation sites (tertiary alicyclic amines) is 1. The van der Waals surface area contributed by atoms with E-state index in [9.17, 15) is 4.79 Å². The maximum absolute atomic E-state index is 12.3. The van der Waals surface area contributed by atoms with Crippen LogP contribution in [-0.4, -0.2) is 55.1 Å². The van der Waals surface area contributed by atoms with E-state index in [2.05, 4.69) is 11.0 Å². The number of amides is 2. The molecule has 5 heteroatoms. The Balaban J connectivity index is 1.58. The van der Waals surface area contributed by atoms with Gasteiger partial charge in [0.1, 0.15) is 0 Å². The number of carbonyl (C=O) groups is 1. The molecule has 2 N–H and O–H groups in total. The Bertz CT molecular complexity index is 477. The van der Waals surface area contributed by atoms with E-state index >= 15 is 0 Å². The third-order valence-corrected chi connectivity index (χ3v) is 4.16. The van der Waals surface area contributed by atoms with Gasteiger partial charge in [0, 0.05) is 50.6 Å². The zero-order valence-electron chi connectivity index (χ0n) is 11.8. The van der Waals surface area contributed by atoms with E-state index in [-0.39, 0.29) is 6.03 Å². The molecule has 0 spiro atoms. The first-order valence-electron chi connectivity index (χ1n) is 7.38. The molecule has 1 aromatic rings. The average Bonchev–Trinajstić information content (AvgIpc) is 3.01. The highest BCUT2D eigenvalue weighted by molar-refractivity contribution is 5.75. The quantitative estimate of drug-likeness (QED) is 0.792. The molecule has 2 aliphatic rings. The van der Waals surface area contributed by atoms with Gasteiger partial charge < -0.3 is 20.4 Å². The normalized spacial score (nSPS) is 19.5. The van der Waals surface area contributed by atoms with E-state index in [1.165, 1.54) is 0 Å². The number of carbonyl (C=O) groups excluding carboxylic acids is 1. The highest BCUT2D eigenvalue weighted by Crippen LogP contribution is 2.20. The van der Waals surface area contributed by atoms with Gasteiger partial charge in [-0.15, -0.1) is 0 Å². The topological polar surface area (TPSA) is 52.8 Å². The fourth-order valence-corrected chi connectivity index (χ4v) is 2.99. The Morgan fingerprint density at radius 1 is 0.950 bits per heavy atom. The number of urea groups is 1. The summed E-state index contributed by atoms with van der Waals surface area (Å²) in [5.74, 6) is 0. The first kappa shape index (κ1) is 13.1. The summed E-state index contributed by atoms with van der Waals surface area (Å²) in [5.41, 5.74) is 7.77. The maximum Gasteiger partial charge on any atom is 0.320 e. The molecule has 0 saturated carbocycles. The minimum absolute atomic E-state index is 0.217. The van der Waals surface area contributed by atoms with Crippen LogP contribution in [0.15, 0.2) is 24.3 Å². The molecule has 0 radical (unpaired) electrons. The van der Waals surface area contributed by atoms with Gasteiger partial charge in [0.2, 0.25) is 0 Å². The van der Waals surface area contributed by atoms with E-state index in [4.69, 9.17) is 5.73 Å². The van der Waals surface area contributed by atoms with Gasteiger partial charge in [-0.1, -0.05) is 6.07 Å². The summed E-state index contributed by atoms with van der Waals surface area (Å²) in [4.78, 5) is 18.6. The van der Waals surface area contributed by atoms with Crippen LogP contribution in [-0.2, 0) is 0 Å². The lowest BCUT2D eigenvalue weighted by molar-refractivity contribution is 0.159. The van der Waals surface area contributed by atoms with Crippen LogP contribution in [0.3, 0.4) is 0 Å². The Kier molecular flexibility index (Phi) is 3.67. The SMILES string of the molecule is Nc1cccc(N2CCN(C(=O)N3CCCC3)CC2)c1. The number of anilines is 2. The molecule has 0 aromatic heterocycles. The Morgan fingerprint density at radius 2 is 1.60 bits per heavy atom. The summed E-state index contributed by atoms with van der Waals surface area (Å²) in [5, 5.41) is 0. The van der Waals surface area contributed by atoms with Crippen molar-refractivity contribution < 1.29 is 4.79 Å². The lowest BCUT2D eigenvalue weighted by atomic mass is 10.2. The van der Waals surface area contributed by atoms with Crippen molar-refractivity contribution in [3.63, 3.8) is 0 Å². The van der Waals surface area contributed by atoms with Crippen LogP contribution in [0.4, 0.5) is 16.2 Å². The number of nitrogen functional groups attached to an aromatic ring is 1. The van der Waals surface area contributed by atoms with Crippen molar-refractivity contribution in [2.24, 2.45) is 0 Å². The van der Waals surface area contributed by atoms with Crippen molar-refractivity contribution in [2.45, 2.75) is 12.8 Å². The molecule has 108 valence electrons. The van der Waals surface area contributed by atoms with Crippen molar-refractivity contribution in [1.29, 1.82) is 0 Å². The predicted octanol–water partition coefficient (Wildman–Crippen LogP) is 1.61. The van der Waals surface area contributed by atoms with Crippen LogP contribution in [0.5, 0.6) is 0 Å². The van der Waals surface area contributed by atoms with Crippen LogP contribution >= 0.6 is 0 Å². The van der Waals surface area contributed by atoms with Gasteiger partial charge in [-0.3, -0.25) is 0 Å². The molecule has 0 aliphatic carbocycles. The number of benzene rings is 1. The molecular weight excluding hydrogens is 252 g/mol. The summed E-state index contributed by atoms with van der Waals surface area (Å²) in [6.45, 7) is 5.20. The molecule has 0 unspecified atom stereocenters. The molecule has 5 nitrogen and oxygen atoms in total. The van der Waals surface area contributed by atoms with Crippen LogP contribution in [0, 0.1) is 0 Å². The Morgan fingerprint density at radius 3 is 2.25 bits per heavy atom. The maximum atomic E-state index is 12.3. The van der Waals surface area contributed by atoms with Crippen LogP contribution in [0.1, 0.15) is 12.8 Å². The number of rotatable bonds is 1. The molecule has 2 saturated heterocycles. The van der Waals surface area contributed by atoms with Gasteiger partial charge in [-0.05, 0) is 31.0 Å². The Hall–Kier alpha value is -1.91. The van der Waals surface area contributed by atoms with Gasteiger partial charge >= 0.3 is 6.03 Å². The smallest absolute Gasteiger partial charge is 0.320 e. The molecule has 0 atom stereocenters. The number of piperazine rings is 1. The number of hydrogen-bond acceptors (Lipinski definition) is 3. The largest absolute Gasteiger partial charge is 0.399 e. The molecule has 3 rings (SSSR count). The third-order valence-electron chi connectivity index (χ3n) is 4.16. The summed E-state index contributed by atoms with van der Waals surface area (Å²) in [6.07, 6.45) is 2.30. The summed E-state index contributed by atoms with van der Waals surface area (Å²) in [7, 11) is 0. The average molecular weight is 274 g/mol. The van der Waals surface area contributed by atoms with E-state index in [0.717, 1.165) is 63.5 Å². The van der Waals surface area contributed by atoms with Crippen LogP contribution in [0.2, 0.25) is 0 Å². The van der Waals surface area contributed by atoms with E-state index in [1.807, 2.05) is 28.0 Å². The highest BCUT2D eigenvalue weighted by Gasteiger charge is 2.26. The summed E-state index contributed by atoms with van der Waals surface area (Å²) >= 11 is 0. The number of nitrogens with zero attached hydrogens (tertiary/aromatic N) is 3. The standard InChI is InChI=1S/C15H22N4O/c16-13-4-3-5-14(12-13)17-8-10-19(11-9-17)15(20)18-6-1-2-7-18/h3-5,12H,1-2,6-11,16H2. The second-order valence-electron chi connectivity index (χ2n) is 5.55. The number of hydrogen-bond donors (Lipinski definition) is 1. The molecule has 2 fully saturated rings. The monoisotopic (exact) mass is 274 g/mol. The van der Waals surface area contributed by atoms with Crippen molar-refractivity contribution in [1.82, 2.24) is 9.80 Å². The summed E-state index contributed by atoms with van der Waals surface area (Å²) < 4.78 is 0. The van der Waals surface area contributed by atoms with Crippen molar-refractivity contribution in [3.8, 4) is 0 Å². The molecule has 0 bridgehead atoms. The molecular formula is C15H22N4O. The summed E-state index contributed by atoms with van der Waals surface area (Å²) in [6, 6.07) is 8.17. The molecule has 2 heterocycles. The van der Waals surface area contributed by atoms with Crippen LogP contribution < -0.4 is 10.6 Å². The van der Waals surface area contributed by atoms with E-state index < -0.39 is 0 Å². The molecule has 20 heavy (non-hydrogen) atoms. The second kappa shape index (κ2) is 5.61. The molecule has 2 amide bonds. The number of nitrogens with two attached hydrogens (primary N) is 1. The Labute approximate surface area is 119 Å². The van der Waals surface area contributed by atoms with Gasteiger partial charge in [0.25, 0.3) is 0 Å². The van der Waals surface area contributed by atoms with E-state index in [0.29, 0.717) is 0 Å². The zero-order chi connectivity index (χ0) is 13.9. The molecule has 1 aromatic carbocycles. The van der Waals surface area contributed by atoms with Gasteiger partial charge in [0.15, 0.2) is 0 Å².